The number of pyridine rings is 1. The maximum Gasteiger partial charge on any atom is 0.257 e. The first-order valence-corrected chi connectivity index (χ1v) is 9.39. The van der Waals surface area contributed by atoms with Gasteiger partial charge in [-0.05, 0) is 44.2 Å². The Morgan fingerprint density at radius 3 is 2.50 bits per heavy atom. The zero-order valence-corrected chi connectivity index (χ0v) is 14.5. The number of amides is 1. The highest BCUT2D eigenvalue weighted by Crippen LogP contribution is 2.28. The second kappa shape index (κ2) is 7.97. The molecule has 2 fully saturated rings. The first-order valence-electron chi connectivity index (χ1n) is 9.39. The van der Waals surface area contributed by atoms with E-state index in [9.17, 15) is 9.90 Å². The summed E-state index contributed by atoms with van der Waals surface area (Å²) in [5.74, 6) is 0.656. The molecule has 1 aliphatic carbocycles. The summed E-state index contributed by atoms with van der Waals surface area (Å²) in [6, 6.07) is 3.64. The molecule has 5 nitrogen and oxygen atoms in total. The largest absolute Gasteiger partial charge is 0.388 e. The molecule has 0 aromatic carbocycles. The van der Waals surface area contributed by atoms with Gasteiger partial charge in [-0.15, -0.1) is 0 Å². The van der Waals surface area contributed by atoms with Crippen LogP contribution in [0.3, 0.4) is 0 Å². The van der Waals surface area contributed by atoms with Crippen molar-refractivity contribution in [3.05, 3.63) is 23.9 Å². The molecular weight excluding hydrogens is 302 g/mol. The maximum atomic E-state index is 12.8. The smallest absolute Gasteiger partial charge is 0.257 e. The number of likely N-dealkylation sites (tertiary alicyclic amines) is 1. The molecule has 1 amide bonds. The fraction of sp³-hybridized carbons (Fsp3) is 0.684. The van der Waals surface area contributed by atoms with Crippen LogP contribution in [-0.2, 0) is 0 Å². The fourth-order valence-corrected chi connectivity index (χ4v) is 3.80. The Labute approximate surface area is 144 Å². The molecule has 0 radical (unpaired) electrons. The average molecular weight is 331 g/mol. The van der Waals surface area contributed by atoms with Crippen LogP contribution < -0.4 is 5.32 Å². The topological polar surface area (TPSA) is 65.5 Å². The lowest BCUT2D eigenvalue weighted by atomic mass is 9.94. The molecule has 1 aromatic heterocycles. The number of hydrogen-bond acceptors (Lipinski definition) is 4. The van der Waals surface area contributed by atoms with Gasteiger partial charge in [0.05, 0.1) is 11.2 Å². The van der Waals surface area contributed by atoms with Crippen LogP contribution in [0.15, 0.2) is 18.3 Å². The molecule has 0 bridgehead atoms. The Hall–Kier alpha value is -1.62. The molecule has 2 heterocycles. The predicted octanol–water partition coefficient (Wildman–Crippen LogP) is 3.20. The molecule has 0 atom stereocenters. The molecule has 24 heavy (non-hydrogen) atoms. The van der Waals surface area contributed by atoms with Crippen LogP contribution in [0.25, 0.3) is 0 Å². The molecule has 0 unspecified atom stereocenters. The van der Waals surface area contributed by atoms with Crippen LogP contribution in [-0.4, -0.2) is 46.1 Å². The van der Waals surface area contributed by atoms with Crippen molar-refractivity contribution < 1.29 is 9.90 Å². The number of rotatable bonds is 4. The Morgan fingerprint density at radius 2 is 1.79 bits per heavy atom. The minimum atomic E-state index is -0.681. The minimum Gasteiger partial charge on any atom is -0.388 e. The highest BCUT2D eigenvalue weighted by molar-refractivity contribution is 5.98. The quantitative estimate of drug-likeness (QED) is 0.832. The normalized spacial score (nSPS) is 21.1. The Morgan fingerprint density at radius 1 is 1.12 bits per heavy atom. The van der Waals surface area contributed by atoms with E-state index in [0.29, 0.717) is 17.9 Å². The summed E-state index contributed by atoms with van der Waals surface area (Å²) in [7, 11) is 0. The van der Waals surface area contributed by atoms with Crippen LogP contribution >= 0.6 is 0 Å². The summed E-state index contributed by atoms with van der Waals surface area (Å²) in [6.45, 7) is 2.12. The van der Waals surface area contributed by atoms with Crippen LogP contribution in [0.2, 0.25) is 0 Å². The summed E-state index contributed by atoms with van der Waals surface area (Å²) in [5.41, 5.74) is -0.0592. The molecule has 1 saturated heterocycles. The third-order valence-electron chi connectivity index (χ3n) is 5.30. The highest BCUT2D eigenvalue weighted by atomic mass is 16.3. The van der Waals surface area contributed by atoms with Gasteiger partial charge in [-0.3, -0.25) is 4.79 Å². The number of aromatic nitrogens is 1. The van der Waals surface area contributed by atoms with Crippen molar-refractivity contribution in [2.45, 2.75) is 63.4 Å². The van der Waals surface area contributed by atoms with E-state index in [4.69, 9.17) is 0 Å². The Bertz CT molecular complexity index is 547. The van der Waals surface area contributed by atoms with Gasteiger partial charge < -0.3 is 15.3 Å². The molecule has 5 heteroatoms. The van der Waals surface area contributed by atoms with Gasteiger partial charge in [0, 0.05) is 25.8 Å². The zero-order valence-electron chi connectivity index (χ0n) is 14.5. The van der Waals surface area contributed by atoms with Gasteiger partial charge in [-0.1, -0.05) is 25.7 Å². The second-order valence-electron chi connectivity index (χ2n) is 7.24. The second-order valence-corrected chi connectivity index (χ2v) is 7.24. The number of aliphatic hydroxyl groups is 1. The van der Waals surface area contributed by atoms with Gasteiger partial charge in [-0.2, -0.15) is 0 Å². The first kappa shape index (κ1) is 17.2. The van der Waals surface area contributed by atoms with Gasteiger partial charge in [-0.25, -0.2) is 4.98 Å². The van der Waals surface area contributed by atoms with E-state index >= 15 is 0 Å². The third kappa shape index (κ3) is 4.26. The minimum absolute atomic E-state index is 0.0538. The van der Waals surface area contributed by atoms with Crippen LogP contribution in [0.5, 0.6) is 0 Å². The number of carbonyl (C=O) groups is 1. The summed E-state index contributed by atoms with van der Waals surface area (Å²) < 4.78 is 0. The van der Waals surface area contributed by atoms with Gasteiger partial charge in [0.1, 0.15) is 5.82 Å². The van der Waals surface area contributed by atoms with Crippen molar-refractivity contribution in [3.8, 4) is 0 Å². The van der Waals surface area contributed by atoms with E-state index in [1.54, 1.807) is 6.20 Å². The summed E-state index contributed by atoms with van der Waals surface area (Å²) in [5, 5.41) is 14.1. The van der Waals surface area contributed by atoms with E-state index in [-0.39, 0.29) is 5.91 Å². The zero-order chi connectivity index (χ0) is 16.8. The molecule has 1 aliphatic heterocycles. The van der Waals surface area contributed by atoms with Crippen LogP contribution in [0.4, 0.5) is 5.82 Å². The van der Waals surface area contributed by atoms with E-state index < -0.39 is 5.60 Å². The monoisotopic (exact) mass is 331 g/mol. The molecular formula is C19H29N3O2. The molecule has 132 valence electrons. The number of anilines is 1. The van der Waals surface area contributed by atoms with E-state index in [0.717, 1.165) is 51.6 Å². The Balaban J connectivity index is 1.68. The first-order chi connectivity index (χ1) is 11.7. The fourth-order valence-electron chi connectivity index (χ4n) is 3.80. The maximum absolute atomic E-state index is 12.8. The lowest BCUT2D eigenvalue weighted by molar-refractivity contribution is 0.0379. The number of piperidine rings is 1. The third-order valence-corrected chi connectivity index (χ3v) is 5.30. The van der Waals surface area contributed by atoms with Crippen molar-refractivity contribution >= 4 is 11.7 Å². The van der Waals surface area contributed by atoms with Crippen LogP contribution in [0, 0.1) is 0 Å². The van der Waals surface area contributed by atoms with Crippen molar-refractivity contribution in [1.29, 1.82) is 0 Å². The predicted molar refractivity (Wildman–Crippen MR) is 95.1 cm³/mol. The van der Waals surface area contributed by atoms with E-state index in [1.807, 2.05) is 17.0 Å². The highest BCUT2D eigenvalue weighted by Gasteiger charge is 2.29. The van der Waals surface area contributed by atoms with Crippen LogP contribution in [0.1, 0.15) is 68.1 Å². The van der Waals surface area contributed by atoms with Crippen molar-refractivity contribution in [3.63, 3.8) is 0 Å². The van der Waals surface area contributed by atoms with Gasteiger partial charge in [0.25, 0.3) is 5.91 Å². The molecule has 1 aromatic rings. The molecule has 2 aliphatic rings. The van der Waals surface area contributed by atoms with E-state index in [2.05, 4.69) is 10.3 Å². The Kier molecular flexibility index (Phi) is 5.72. The van der Waals surface area contributed by atoms with Gasteiger partial charge in [0.15, 0.2) is 0 Å². The van der Waals surface area contributed by atoms with Gasteiger partial charge in [0.2, 0.25) is 0 Å². The van der Waals surface area contributed by atoms with Gasteiger partial charge >= 0.3 is 0 Å². The number of nitrogens with zero attached hydrogens (tertiary/aromatic N) is 2. The standard InChI is InChI=1S/C19H29N3O2/c23-18(22-13-6-3-7-14-22)16-9-8-12-20-17(16)21-15-19(24)10-4-1-2-5-11-19/h8-9,12,24H,1-7,10-11,13-15H2,(H,20,21). The van der Waals surface area contributed by atoms with E-state index in [1.165, 1.54) is 19.3 Å². The number of nitrogens with one attached hydrogen (secondary N) is 1. The summed E-state index contributed by atoms with van der Waals surface area (Å²) in [6.07, 6.45) is 11.2. The summed E-state index contributed by atoms with van der Waals surface area (Å²) >= 11 is 0. The molecule has 2 N–H and O–H groups in total. The SMILES string of the molecule is O=C(c1cccnc1NCC1(O)CCCCCC1)N1CCCCC1. The molecule has 0 spiro atoms. The van der Waals surface area contributed by atoms with Crippen molar-refractivity contribution in [2.75, 3.05) is 25.0 Å². The number of hydrogen-bond donors (Lipinski definition) is 2. The lowest BCUT2D eigenvalue weighted by Crippen LogP contribution is -2.38. The summed E-state index contributed by atoms with van der Waals surface area (Å²) in [4.78, 5) is 19.1. The lowest BCUT2D eigenvalue weighted by Gasteiger charge is -2.29. The van der Waals surface area contributed by atoms with Crippen molar-refractivity contribution in [2.24, 2.45) is 0 Å². The van der Waals surface area contributed by atoms with Crippen molar-refractivity contribution in [1.82, 2.24) is 9.88 Å². The molecule has 3 rings (SSSR count). The average Bonchev–Trinajstić information content (AvgIpc) is 2.85. The number of carbonyl (C=O) groups excluding carboxylic acids is 1. The molecule has 1 saturated carbocycles.